The van der Waals surface area contributed by atoms with Gasteiger partial charge in [0.1, 0.15) is 0 Å². The highest BCUT2D eigenvalue weighted by atomic mass is 16.5. The van der Waals surface area contributed by atoms with Crippen molar-refractivity contribution in [2.45, 2.75) is 39.2 Å². The van der Waals surface area contributed by atoms with Gasteiger partial charge in [0.15, 0.2) is 11.5 Å². The summed E-state index contributed by atoms with van der Waals surface area (Å²) in [6, 6.07) is 3.74. The van der Waals surface area contributed by atoms with E-state index in [2.05, 4.69) is 0 Å². The van der Waals surface area contributed by atoms with Gasteiger partial charge < -0.3 is 19.3 Å². The minimum Gasteiger partial charge on any atom is -0.493 e. The van der Waals surface area contributed by atoms with Gasteiger partial charge in [0.2, 0.25) is 5.75 Å². The second-order valence-corrected chi connectivity index (χ2v) is 5.39. The van der Waals surface area contributed by atoms with Crippen molar-refractivity contribution in [1.82, 2.24) is 0 Å². The van der Waals surface area contributed by atoms with Crippen molar-refractivity contribution in [2.24, 2.45) is 0 Å². The van der Waals surface area contributed by atoms with Crippen molar-refractivity contribution in [3.8, 4) is 17.2 Å². The van der Waals surface area contributed by atoms with Crippen LogP contribution in [0.5, 0.6) is 17.2 Å². The van der Waals surface area contributed by atoms with Crippen LogP contribution in [-0.2, 0) is 5.41 Å². The molecule has 1 aromatic rings. The highest BCUT2D eigenvalue weighted by Crippen LogP contribution is 2.44. The minimum absolute atomic E-state index is 0.00856. The van der Waals surface area contributed by atoms with E-state index in [1.165, 1.54) is 0 Å². The van der Waals surface area contributed by atoms with Crippen molar-refractivity contribution < 1.29 is 19.3 Å². The molecule has 0 unspecified atom stereocenters. The number of methoxy groups -OCH3 is 2. The van der Waals surface area contributed by atoms with E-state index in [0.29, 0.717) is 17.2 Å². The van der Waals surface area contributed by atoms with Gasteiger partial charge in [-0.3, -0.25) is 0 Å². The predicted molar refractivity (Wildman–Crippen MR) is 75.4 cm³/mol. The van der Waals surface area contributed by atoms with E-state index in [1.807, 2.05) is 39.8 Å². The molecule has 0 aliphatic heterocycles. The number of rotatable bonds is 6. The second-order valence-electron chi connectivity index (χ2n) is 5.39. The molecular weight excluding hydrogens is 244 g/mol. The molecule has 0 saturated carbocycles. The van der Waals surface area contributed by atoms with Crippen molar-refractivity contribution in [2.75, 3.05) is 20.8 Å². The van der Waals surface area contributed by atoms with E-state index in [0.717, 1.165) is 5.56 Å². The lowest BCUT2D eigenvalue weighted by atomic mass is 9.84. The van der Waals surface area contributed by atoms with Crippen LogP contribution in [0.1, 0.15) is 33.3 Å². The lowest BCUT2D eigenvalue weighted by Crippen LogP contribution is -2.24. The van der Waals surface area contributed by atoms with E-state index >= 15 is 0 Å². The smallest absolute Gasteiger partial charge is 0.203 e. The van der Waals surface area contributed by atoms with Crippen molar-refractivity contribution in [3.63, 3.8) is 0 Å². The maximum absolute atomic E-state index is 9.57. The molecule has 0 bridgehead atoms. The molecule has 0 radical (unpaired) electrons. The van der Waals surface area contributed by atoms with Crippen LogP contribution in [0.25, 0.3) is 0 Å². The fourth-order valence-electron chi connectivity index (χ4n) is 1.87. The molecule has 108 valence electrons. The molecule has 19 heavy (non-hydrogen) atoms. The zero-order valence-corrected chi connectivity index (χ0v) is 12.6. The molecule has 0 atom stereocenters. The number of aliphatic hydroxyl groups excluding tert-OH is 1. The zero-order chi connectivity index (χ0) is 14.6. The molecule has 4 nitrogen and oxygen atoms in total. The maximum atomic E-state index is 9.57. The van der Waals surface area contributed by atoms with Crippen LogP contribution in [0.2, 0.25) is 0 Å². The second kappa shape index (κ2) is 6.15. The van der Waals surface area contributed by atoms with Crippen LogP contribution in [0, 0.1) is 0 Å². The van der Waals surface area contributed by atoms with Gasteiger partial charge in [-0.1, -0.05) is 19.9 Å². The predicted octanol–water partition coefficient (Wildman–Crippen LogP) is 2.76. The van der Waals surface area contributed by atoms with Gasteiger partial charge in [0.25, 0.3) is 0 Å². The quantitative estimate of drug-likeness (QED) is 0.862. The summed E-state index contributed by atoms with van der Waals surface area (Å²) in [6.45, 7) is 7.85. The molecule has 0 heterocycles. The molecule has 1 rings (SSSR count). The van der Waals surface area contributed by atoms with Crippen molar-refractivity contribution in [3.05, 3.63) is 17.7 Å². The maximum Gasteiger partial charge on any atom is 0.203 e. The van der Waals surface area contributed by atoms with Gasteiger partial charge in [0.05, 0.1) is 26.9 Å². The number of benzene rings is 1. The number of ether oxygens (including phenoxy) is 3. The Morgan fingerprint density at radius 1 is 1.11 bits per heavy atom. The standard InChI is InChI=1S/C15H24O4/c1-10(2)19-13-11(15(3,4)9-16)7-8-12(17-5)14(13)18-6/h7-8,10,16H,9H2,1-6H3. The van der Waals surface area contributed by atoms with Crippen LogP contribution in [0.4, 0.5) is 0 Å². The lowest BCUT2D eigenvalue weighted by molar-refractivity contribution is 0.195. The third-order valence-corrected chi connectivity index (χ3v) is 2.98. The van der Waals surface area contributed by atoms with Gasteiger partial charge >= 0.3 is 0 Å². The SMILES string of the molecule is COc1ccc(C(C)(C)CO)c(OC(C)C)c1OC. The van der Waals surface area contributed by atoms with Crippen LogP contribution < -0.4 is 14.2 Å². The Morgan fingerprint density at radius 2 is 1.74 bits per heavy atom. The first-order valence-electron chi connectivity index (χ1n) is 6.40. The number of hydrogen-bond donors (Lipinski definition) is 1. The van der Waals surface area contributed by atoms with E-state index in [4.69, 9.17) is 14.2 Å². The highest BCUT2D eigenvalue weighted by molar-refractivity contribution is 5.57. The summed E-state index contributed by atoms with van der Waals surface area (Å²) in [5.74, 6) is 1.82. The molecule has 0 aliphatic carbocycles. The Labute approximate surface area is 115 Å². The largest absolute Gasteiger partial charge is 0.493 e. The normalized spacial score (nSPS) is 11.6. The Morgan fingerprint density at radius 3 is 2.16 bits per heavy atom. The summed E-state index contributed by atoms with van der Waals surface area (Å²) in [4.78, 5) is 0. The Hall–Kier alpha value is -1.42. The third-order valence-electron chi connectivity index (χ3n) is 2.98. The summed E-state index contributed by atoms with van der Waals surface area (Å²) in [6.07, 6.45) is 0.00856. The summed E-state index contributed by atoms with van der Waals surface area (Å²) in [5, 5.41) is 9.57. The molecule has 4 heteroatoms. The summed E-state index contributed by atoms with van der Waals surface area (Å²) >= 11 is 0. The summed E-state index contributed by atoms with van der Waals surface area (Å²) < 4.78 is 16.6. The van der Waals surface area contributed by atoms with Gasteiger partial charge in [-0.25, -0.2) is 0 Å². The average Bonchev–Trinajstić information content (AvgIpc) is 2.37. The molecule has 0 spiro atoms. The molecule has 0 saturated heterocycles. The van der Waals surface area contributed by atoms with Gasteiger partial charge in [-0.2, -0.15) is 0 Å². The zero-order valence-electron chi connectivity index (χ0n) is 12.6. The van der Waals surface area contributed by atoms with Crippen LogP contribution in [0.15, 0.2) is 12.1 Å². The first-order chi connectivity index (χ1) is 8.87. The fourth-order valence-corrected chi connectivity index (χ4v) is 1.87. The van der Waals surface area contributed by atoms with E-state index in [-0.39, 0.29) is 12.7 Å². The first-order valence-corrected chi connectivity index (χ1v) is 6.40. The molecule has 0 aromatic heterocycles. The van der Waals surface area contributed by atoms with Gasteiger partial charge in [0, 0.05) is 11.0 Å². The average molecular weight is 268 g/mol. The molecule has 1 N–H and O–H groups in total. The van der Waals surface area contributed by atoms with Gasteiger partial charge in [-0.05, 0) is 19.9 Å². The van der Waals surface area contributed by atoms with Crippen molar-refractivity contribution in [1.29, 1.82) is 0 Å². The minimum atomic E-state index is -0.413. The molecule has 0 aliphatic rings. The van der Waals surface area contributed by atoms with E-state index in [1.54, 1.807) is 14.2 Å². The first kappa shape index (κ1) is 15.6. The summed E-state index contributed by atoms with van der Waals surface area (Å²) in [7, 11) is 3.18. The monoisotopic (exact) mass is 268 g/mol. The molecule has 0 fully saturated rings. The van der Waals surface area contributed by atoms with Crippen LogP contribution >= 0.6 is 0 Å². The highest BCUT2D eigenvalue weighted by Gasteiger charge is 2.28. The number of aliphatic hydroxyl groups is 1. The molecular formula is C15H24O4. The van der Waals surface area contributed by atoms with Crippen LogP contribution in [-0.4, -0.2) is 32.0 Å². The lowest BCUT2D eigenvalue weighted by Gasteiger charge is -2.28. The fraction of sp³-hybridized carbons (Fsp3) is 0.600. The summed E-state index contributed by atoms with van der Waals surface area (Å²) in [5.41, 5.74) is 0.491. The van der Waals surface area contributed by atoms with Crippen LogP contribution in [0.3, 0.4) is 0 Å². The Balaban J connectivity index is 3.46. The molecule has 0 amide bonds. The van der Waals surface area contributed by atoms with E-state index < -0.39 is 5.41 Å². The molecule has 1 aromatic carbocycles. The van der Waals surface area contributed by atoms with E-state index in [9.17, 15) is 5.11 Å². The topological polar surface area (TPSA) is 47.9 Å². The number of hydrogen-bond acceptors (Lipinski definition) is 4. The Bertz CT molecular complexity index is 424. The third kappa shape index (κ3) is 3.32. The Kier molecular flexibility index (Phi) is 5.06. The van der Waals surface area contributed by atoms with Gasteiger partial charge in [-0.15, -0.1) is 0 Å². The van der Waals surface area contributed by atoms with Crippen molar-refractivity contribution >= 4 is 0 Å².